The van der Waals surface area contributed by atoms with Crippen molar-refractivity contribution >= 4 is 5.95 Å². The average Bonchev–Trinajstić information content (AvgIpc) is 3.27. The quantitative estimate of drug-likeness (QED) is 0.800. The molecule has 0 unspecified atom stereocenters. The molecule has 4 rings (SSSR count). The van der Waals surface area contributed by atoms with Crippen LogP contribution in [0.15, 0.2) is 36.7 Å². The lowest BCUT2D eigenvalue weighted by atomic mass is 9.93. The van der Waals surface area contributed by atoms with E-state index in [-0.39, 0.29) is 0 Å². The smallest absolute Gasteiger partial charge is 0.222 e. The van der Waals surface area contributed by atoms with Gasteiger partial charge in [0.1, 0.15) is 11.5 Å². The van der Waals surface area contributed by atoms with Crippen molar-refractivity contribution in [1.82, 2.24) is 14.9 Å². The van der Waals surface area contributed by atoms with E-state index in [1.54, 1.807) is 26.6 Å². The van der Waals surface area contributed by atoms with E-state index in [9.17, 15) is 0 Å². The van der Waals surface area contributed by atoms with Crippen molar-refractivity contribution in [2.45, 2.75) is 12.6 Å². The Morgan fingerprint density at radius 1 is 1.11 bits per heavy atom. The second-order valence-electron chi connectivity index (χ2n) is 7.16. The highest BCUT2D eigenvalue weighted by molar-refractivity contribution is 5.38. The number of aromatic nitrogens is 2. The summed E-state index contributed by atoms with van der Waals surface area (Å²) in [5.41, 5.74) is 1.19. The molecular formula is C20H26N4O3. The Kier molecular flexibility index (Phi) is 5.40. The van der Waals surface area contributed by atoms with Crippen molar-refractivity contribution in [1.29, 1.82) is 0 Å². The van der Waals surface area contributed by atoms with E-state index in [0.717, 1.165) is 44.3 Å². The van der Waals surface area contributed by atoms with Gasteiger partial charge in [-0.25, -0.2) is 9.97 Å². The highest BCUT2D eigenvalue weighted by Gasteiger charge is 2.43. The molecule has 7 heteroatoms. The molecule has 0 radical (unpaired) electrons. The molecular weight excluding hydrogens is 344 g/mol. The van der Waals surface area contributed by atoms with E-state index in [2.05, 4.69) is 32.3 Å². The molecule has 0 saturated carbocycles. The maximum Gasteiger partial charge on any atom is 0.222 e. The van der Waals surface area contributed by atoms with Gasteiger partial charge in [0.25, 0.3) is 0 Å². The number of hydrogen-bond donors (Lipinski definition) is 1. The van der Waals surface area contributed by atoms with Gasteiger partial charge in [-0.3, -0.25) is 4.90 Å². The molecule has 2 saturated heterocycles. The van der Waals surface area contributed by atoms with Crippen molar-refractivity contribution in [2.24, 2.45) is 11.8 Å². The molecule has 1 aromatic heterocycles. The number of ether oxygens (including phenoxy) is 3. The molecule has 144 valence electrons. The zero-order valence-electron chi connectivity index (χ0n) is 15.8. The minimum absolute atomic E-state index is 0.306. The SMILES string of the molecule is COc1cc(CN2C[C@H]3[C@H](CNc4ncccn4)CO[C@H]3C2)cc(OC)c1. The first-order chi connectivity index (χ1) is 13.2. The third kappa shape index (κ3) is 4.14. The zero-order chi connectivity index (χ0) is 18.6. The van der Waals surface area contributed by atoms with Gasteiger partial charge in [-0.1, -0.05) is 0 Å². The summed E-state index contributed by atoms with van der Waals surface area (Å²) < 4.78 is 16.8. The van der Waals surface area contributed by atoms with Crippen LogP contribution in [0.1, 0.15) is 5.56 Å². The summed E-state index contributed by atoms with van der Waals surface area (Å²) in [6.45, 7) is 4.50. The minimum atomic E-state index is 0.306. The fraction of sp³-hybridized carbons (Fsp3) is 0.500. The van der Waals surface area contributed by atoms with Crippen LogP contribution in [0.4, 0.5) is 5.95 Å². The largest absolute Gasteiger partial charge is 0.497 e. The number of fused-ring (bicyclic) bond motifs is 1. The molecule has 0 aliphatic carbocycles. The van der Waals surface area contributed by atoms with Gasteiger partial charge >= 0.3 is 0 Å². The number of rotatable bonds is 7. The zero-order valence-corrected chi connectivity index (χ0v) is 15.8. The number of likely N-dealkylation sites (tertiary alicyclic amines) is 1. The Balaban J connectivity index is 1.35. The lowest BCUT2D eigenvalue weighted by Gasteiger charge is -2.20. The molecule has 2 aromatic rings. The van der Waals surface area contributed by atoms with Gasteiger partial charge in [0.05, 0.1) is 26.9 Å². The maximum absolute atomic E-state index is 6.06. The maximum atomic E-state index is 6.06. The minimum Gasteiger partial charge on any atom is -0.497 e. The fourth-order valence-electron chi connectivity index (χ4n) is 4.05. The molecule has 2 aliphatic rings. The van der Waals surface area contributed by atoms with E-state index < -0.39 is 0 Å². The number of methoxy groups -OCH3 is 2. The number of nitrogens with one attached hydrogen (secondary N) is 1. The van der Waals surface area contributed by atoms with Crippen LogP contribution in [-0.2, 0) is 11.3 Å². The van der Waals surface area contributed by atoms with Crippen LogP contribution in [0.3, 0.4) is 0 Å². The standard InChI is InChI=1S/C20H26N4O3/c1-25-16-6-14(7-17(8-16)26-2)10-24-11-18-15(13-27-19(18)12-24)9-23-20-21-4-3-5-22-20/h3-8,15,18-19H,9-13H2,1-2H3,(H,21,22,23)/t15-,18+,19+/m1/s1. The highest BCUT2D eigenvalue weighted by Crippen LogP contribution is 2.35. The van der Waals surface area contributed by atoms with Crippen LogP contribution >= 0.6 is 0 Å². The van der Waals surface area contributed by atoms with Crippen LogP contribution in [0.5, 0.6) is 11.5 Å². The number of benzene rings is 1. The summed E-state index contributed by atoms with van der Waals surface area (Å²) in [7, 11) is 3.36. The molecule has 0 spiro atoms. The van der Waals surface area contributed by atoms with Crippen LogP contribution in [0.25, 0.3) is 0 Å². The molecule has 2 aliphatic heterocycles. The van der Waals surface area contributed by atoms with Gasteiger partial charge in [0.2, 0.25) is 5.95 Å². The second kappa shape index (κ2) is 8.10. The van der Waals surface area contributed by atoms with Gasteiger partial charge < -0.3 is 19.5 Å². The van der Waals surface area contributed by atoms with Gasteiger partial charge in [0.15, 0.2) is 0 Å². The predicted octanol–water partition coefficient (Wildman–Crippen LogP) is 2.05. The summed E-state index contributed by atoms with van der Waals surface area (Å²) in [5, 5.41) is 3.34. The highest BCUT2D eigenvalue weighted by atomic mass is 16.5. The summed E-state index contributed by atoms with van der Waals surface area (Å²) in [5.74, 6) is 3.34. The monoisotopic (exact) mass is 370 g/mol. The number of nitrogens with zero attached hydrogens (tertiary/aromatic N) is 3. The Morgan fingerprint density at radius 3 is 2.56 bits per heavy atom. The van der Waals surface area contributed by atoms with Crippen molar-refractivity contribution in [3.05, 3.63) is 42.2 Å². The number of hydrogen-bond acceptors (Lipinski definition) is 7. The summed E-state index contributed by atoms with van der Waals surface area (Å²) >= 11 is 0. The first-order valence-corrected chi connectivity index (χ1v) is 9.32. The van der Waals surface area contributed by atoms with Crippen molar-refractivity contribution < 1.29 is 14.2 Å². The molecule has 2 fully saturated rings. The van der Waals surface area contributed by atoms with E-state index in [1.807, 2.05) is 12.1 Å². The molecule has 0 bridgehead atoms. The molecule has 27 heavy (non-hydrogen) atoms. The molecule has 3 heterocycles. The average molecular weight is 370 g/mol. The van der Waals surface area contributed by atoms with Crippen molar-refractivity contribution in [3.63, 3.8) is 0 Å². The summed E-state index contributed by atoms with van der Waals surface area (Å²) in [4.78, 5) is 10.9. The van der Waals surface area contributed by atoms with Gasteiger partial charge in [-0.05, 0) is 23.8 Å². The first kappa shape index (κ1) is 18.0. The third-order valence-corrected chi connectivity index (χ3v) is 5.42. The molecule has 7 nitrogen and oxygen atoms in total. The lowest BCUT2D eigenvalue weighted by molar-refractivity contribution is 0.0946. The van der Waals surface area contributed by atoms with Crippen LogP contribution in [0, 0.1) is 11.8 Å². The van der Waals surface area contributed by atoms with Gasteiger partial charge in [-0.15, -0.1) is 0 Å². The second-order valence-corrected chi connectivity index (χ2v) is 7.16. The molecule has 3 atom stereocenters. The fourth-order valence-corrected chi connectivity index (χ4v) is 4.05. The predicted molar refractivity (Wildman–Crippen MR) is 102 cm³/mol. The van der Waals surface area contributed by atoms with E-state index >= 15 is 0 Å². The van der Waals surface area contributed by atoms with E-state index in [1.165, 1.54) is 5.56 Å². The molecule has 1 N–H and O–H groups in total. The van der Waals surface area contributed by atoms with E-state index in [0.29, 0.717) is 23.9 Å². The Labute approximate surface area is 159 Å². The molecule has 0 amide bonds. The Hall–Kier alpha value is -2.38. The molecule has 1 aromatic carbocycles. The first-order valence-electron chi connectivity index (χ1n) is 9.32. The lowest BCUT2D eigenvalue weighted by Crippen LogP contribution is -2.27. The van der Waals surface area contributed by atoms with Crippen molar-refractivity contribution in [3.8, 4) is 11.5 Å². The third-order valence-electron chi connectivity index (χ3n) is 5.42. The number of anilines is 1. The summed E-state index contributed by atoms with van der Waals surface area (Å²) in [6, 6.07) is 7.87. The Bertz CT molecular complexity index is 736. The summed E-state index contributed by atoms with van der Waals surface area (Å²) in [6.07, 6.45) is 3.81. The van der Waals surface area contributed by atoms with E-state index in [4.69, 9.17) is 14.2 Å². The van der Waals surface area contributed by atoms with Crippen molar-refractivity contribution in [2.75, 3.05) is 45.8 Å². The Morgan fingerprint density at radius 2 is 1.85 bits per heavy atom. The van der Waals surface area contributed by atoms with Gasteiger partial charge in [-0.2, -0.15) is 0 Å². The van der Waals surface area contributed by atoms with Gasteiger partial charge in [0, 0.05) is 56.5 Å². The van der Waals surface area contributed by atoms with Crippen LogP contribution in [-0.4, -0.2) is 61.4 Å². The normalized spacial score (nSPS) is 24.6. The topological polar surface area (TPSA) is 68.7 Å². The van der Waals surface area contributed by atoms with Crippen LogP contribution in [0.2, 0.25) is 0 Å². The van der Waals surface area contributed by atoms with Crippen LogP contribution < -0.4 is 14.8 Å².